The number of hydrogen-bond donors (Lipinski definition) is 1. The van der Waals surface area contributed by atoms with Gasteiger partial charge in [0.25, 0.3) is 5.91 Å². The van der Waals surface area contributed by atoms with E-state index >= 15 is 0 Å². The average Bonchev–Trinajstić information content (AvgIpc) is 2.48. The van der Waals surface area contributed by atoms with Crippen LogP contribution in [0.5, 0.6) is 5.75 Å². The fourth-order valence-electron chi connectivity index (χ4n) is 2.00. The molecule has 1 atom stereocenters. The van der Waals surface area contributed by atoms with Crippen LogP contribution >= 0.6 is 15.9 Å². The van der Waals surface area contributed by atoms with Crippen molar-refractivity contribution in [2.24, 2.45) is 0 Å². The van der Waals surface area contributed by atoms with E-state index in [1.54, 1.807) is 37.4 Å². The van der Waals surface area contributed by atoms with Crippen LogP contribution in [0.25, 0.3) is 0 Å². The Kier molecular flexibility index (Phi) is 4.63. The van der Waals surface area contributed by atoms with Crippen LogP contribution in [0.4, 0.5) is 4.39 Å². The fraction of sp³-hybridized carbons (Fsp3) is 0.188. The molecule has 0 aliphatic carbocycles. The van der Waals surface area contributed by atoms with Gasteiger partial charge in [-0.05, 0) is 42.8 Å². The second-order valence-electron chi connectivity index (χ2n) is 4.81. The number of carbonyl (C=O) groups is 1. The number of carbonyl (C=O) groups excluding carboxylic acids is 1. The van der Waals surface area contributed by atoms with Crippen molar-refractivity contribution in [2.75, 3.05) is 7.05 Å². The van der Waals surface area contributed by atoms with Gasteiger partial charge < -0.3 is 10.0 Å². The van der Waals surface area contributed by atoms with Crippen molar-refractivity contribution in [1.29, 1.82) is 0 Å². The lowest BCUT2D eigenvalue weighted by Crippen LogP contribution is -2.30. The number of halogens is 2. The van der Waals surface area contributed by atoms with Gasteiger partial charge >= 0.3 is 0 Å². The van der Waals surface area contributed by atoms with Gasteiger partial charge in [-0.15, -0.1) is 0 Å². The topological polar surface area (TPSA) is 40.5 Å². The molecular weight excluding hydrogens is 337 g/mol. The number of aromatic hydroxyl groups is 1. The zero-order valence-corrected chi connectivity index (χ0v) is 13.3. The molecule has 1 unspecified atom stereocenters. The van der Waals surface area contributed by atoms with Crippen molar-refractivity contribution in [2.45, 2.75) is 13.0 Å². The molecule has 0 spiro atoms. The first-order valence-electron chi connectivity index (χ1n) is 6.41. The summed E-state index contributed by atoms with van der Waals surface area (Å²) in [7, 11) is 1.63. The van der Waals surface area contributed by atoms with Crippen LogP contribution in [0.15, 0.2) is 46.9 Å². The largest absolute Gasteiger partial charge is 0.508 e. The Morgan fingerprint density at radius 3 is 2.48 bits per heavy atom. The maximum atomic E-state index is 13.8. The van der Waals surface area contributed by atoms with E-state index in [2.05, 4.69) is 15.9 Å². The third-order valence-corrected chi connectivity index (χ3v) is 3.93. The molecule has 0 radical (unpaired) electrons. The standard InChI is InChI=1S/C16H15BrFNO2/c1-10(11-3-6-13(20)7-4-11)19(2)16(21)14-9-12(17)5-8-15(14)18/h3-10,20H,1-2H3. The second kappa shape index (κ2) is 6.26. The maximum absolute atomic E-state index is 13.8. The summed E-state index contributed by atoms with van der Waals surface area (Å²) in [4.78, 5) is 13.9. The molecule has 0 saturated carbocycles. The smallest absolute Gasteiger partial charge is 0.257 e. The van der Waals surface area contributed by atoms with Gasteiger partial charge in [0, 0.05) is 11.5 Å². The third kappa shape index (κ3) is 3.42. The molecule has 2 rings (SSSR count). The van der Waals surface area contributed by atoms with E-state index < -0.39 is 11.7 Å². The predicted octanol–water partition coefficient (Wildman–Crippen LogP) is 4.13. The van der Waals surface area contributed by atoms with E-state index in [4.69, 9.17) is 0 Å². The van der Waals surface area contributed by atoms with E-state index in [0.29, 0.717) is 4.47 Å². The van der Waals surface area contributed by atoms with Gasteiger partial charge in [0.15, 0.2) is 0 Å². The highest BCUT2D eigenvalue weighted by atomic mass is 79.9. The summed E-state index contributed by atoms with van der Waals surface area (Å²) in [5.74, 6) is -0.778. The summed E-state index contributed by atoms with van der Waals surface area (Å²) in [6.07, 6.45) is 0. The van der Waals surface area contributed by atoms with E-state index in [1.807, 2.05) is 6.92 Å². The van der Waals surface area contributed by atoms with Crippen LogP contribution in [-0.2, 0) is 0 Å². The predicted molar refractivity (Wildman–Crippen MR) is 82.7 cm³/mol. The summed E-state index contributed by atoms with van der Waals surface area (Å²) in [6, 6.07) is 10.6. The normalized spacial score (nSPS) is 12.0. The van der Waals surface area contributed by atoms with Gasteiger partial charge in [-0.25, -0.2) is 4.39 Å². The third-order valence-electron chi connectivity index (χ3n) is 3.44. The number of rotatable bonds is 3. The highest BCUT2D eigenvalue weighted by molar-refractivity contribution is 9.10. The molecule has 5 heteroatoms. The molecule has 0 fully saturated rings. The van der Waals surface area contributed by atoms with E-state index in [-0.39, 0.29) is 17.4 Å². The highest BCUT2D eigenvalue weighted by Gasteiger charge is 2.21. The maximum Gasteiger partial charge on any atom is 0.257 e. The Morgan fingerprint density at radius 2 is 1.86 bits per heavy atom. The quantitative estimate of drug-likeness (QED) is 0.903. The van der Waals surface area contributed by atoms with Crippen LogP contribution in [0.3, 0.4) is 0 Å². The first kappa shape index (κ1) is 15.5. The Labute approximate surface area is 131 Å². The van der Waals surface area contributed by atoms with Crippen LogP contribution in [-0.4, -0.2) is 23.0 Å². The highest BCUT2D eigenvalue weighted by Crippen LogP contribution is 2.24. The zero-order valence-electron chi connectivity index (χ0n) is 11.7. The Hall–Kier alpha value is -1.88. The first-order chi connectivity index (χ1) is 9.90. The summed E-state index contributed by atoms with van der Waals surface area (Å²) in [5.41, 5.74) is 0.886. The van der Waals surface area contributed by atoms with E-state index in [9.17, 15) is 14.3 Å². The lowest BCUT2D eigenvalue weighted by atomic mass is 10.1. The van der Waals surface area contributed by atoms with Crippen molar-refractivity contribution >= 4 is 21.8 Å². The number of phenols is 1. The Morgan fingerprint density at radius 1 is 1.24 bits per heavy atom. The summed E-state index contributed by atoms with van der Waals surface area (Å²) in [6.45, 7) is 1.85. The molecule has 0 aliphatic rings. The van der Waals surface area contributed by atoms with Gasteiger partial charge in [0.05, 0.1) is 11.6 Å². The minimum Gasteiger partial charge on any atom is -0.508 e. The van der Waals surface area contributed by atoms with Gasteiger partial charge in [-0.2, -0.15) is 0 Å². The van der Waals surface area contributed by atoms with Crippen LogP contribution in [0, 0.1) is 5.82 Å². The minimum absolute atomic E-state index is 0.0255. The summed E-state index contributed by atoms with van der Waals surface area (Å²) >= 11 is 3.24. The number of phenolic OH excluding ortho intramolecular Hbond substituents is 1. The molecule has 3 nitrogen and oxygen atoms in total. The lowest BCUT2D eigenvalue weighted by Gasteiger charge is -2.25. The molecule has 21 heavy (non-hydrogen) atoms. The Bertz CT molecular complexity index is 658. The second-order valence-corrected chi connectivity index (χ2v) is 5.72. The van der Waals surface area contributed by atoms with Crippen molar-refractivity contribution < 1.29 is 14.3 Å². The van der Waals surface area contributed by atoms with Gasteiger partial charge in [0.2, 0.25) is 0 Å². The van der Waals surface area contributed by atoms with Gasteiger partial charge in [0.1, 0.15) is 11.6 Å². The van der Waals surface area contributed by atoms with E-state index in [1.165, 1.54) is 17.0 Å². The SMILES string of the molecule is CC(c1ccc(O)cc1)N(C)C(=O)c1cc(Br)ccc1F. The molecule has 0 bridgehead atoms. The molecule has 1 N–H and O–H groups in total. The molecule has 0 saturated heterocycles. The van der Waals surface area contributed by atoms with Crippen LogP contribution in [0.1, 0.15) is 28.9 Å². The molecule has 0 aliphatic heterocycles. The van der Waals surface area contributed by atoms with Crippen LogP contribution in [0.2, 0.25) is 0 Å². The molecule has 2 aromatic carbocycles. The Balaban J connectivity index is 2.26. The average molecular weight is 352 g/mol. The van der Waals surface area contributed by atoms with Crippen molar-refractivity contribution in [3.05, 3.63) is 63.9 Å². The number of nitrogens with zero attached hydrogens (tertiary/aromatic N) is 1. The van der Waals surface area contributed by atoms with Gasteiger partial charge in [-0.1, -0.05) is 28.1 Å². The number of benzene rings is 2. The molecule has 0 aromatic heterocycles. The molecular formula is C16H15BrFNO2. The van der Waals surface area contributed by atoms with Crippen molar-refractivity contribution in [3.63, 3.8) is 0 Å². The van der Waals surface area contributed by atoms with E-state index in [0.717, 1.165) is 5.56 Å². The summed E-state index contributed by atoms with van der Waals surface area (Å²) < 4.78 is 14.4. The van der Waals surface area contributed by atoms with Crippen molar-refractivity contribution in [1.82, 2.24) is 4.90 Å². The first-order valence-corrected chi connectivity index (χ1v) is 7.20. The zero-order chi connectivity index (χ0) is 15.6. The molecule has 0 heterocycles. The monoisotopic (exact) mass is 351 g/mol. The summed E-state index contributed by atoms with van der Waals surface area (Å²) in [5, 5.41) is 9.30. The van der Waals surface area contributed by atoms with Crippen molar-refractivity contribution in [3.8, 4) is 5.75 Å². The number of amides is 1. The molecule has 110 valence electrons. The van der Waals surface area contributed by atoms with Crippen LogP contribution < -0.4 is 0 Å². The lowest BCUT2D eigenvalue weighted by molar-refractivity contribution is 0.0738. The molecule has 1 amide bonds. The van der Waals surface area contributed by atoms with Gasteiger partial charge in [-0.3, -0.25) is 4.79 Å². The minimum atomic E-state index is -0.548. The number of hydrogen-bond acceptors (Lipinski definition) is 2. The fourth-order valence-corrected chi connectivity index (χ4v) is 2.36. The molecule has 2 aromatic rings.